The van der Waals surface area contributed by atoms with E-state index in [4.69, 9.17) is 0 Å². The summed E-state index contributed by atoms with van der Waals surface area (Å²) in [7, 11) is 0. The number of aromatic nitrogens is 1. The van der Waals surface area contributed by atoms with Crippen LogP contribution in [0.3, 0.4) is 0 Å². The van der Waals surface area contributed by atoms with Crippen molar-refractivity contribution in [2.75, 3.05) is 0 Å². The first-order valence-electron chi connectivity index (χ1n) is 6.31. The molecular weight excluding hydrogens is 210 g/mol. The molecule has 0 atom stereocenters. The summed E-state index contributed by atoms with van der Waals surface area (Å²) >= 11 is 0. The van der Waals surface area contributed by atoms with E-state index in [9.17, 15) is 4.79 Å². The largest absolute Gasteiger partial charge is 0.358 e. The number of aryl methyl sites for hydroxylation is 2. The number of pyridine rings is 1. The van der Waals surface area contributed by atoms with Gasteiger partial charge in [-0.2, -0.15) is 0 Å². The molecule has 0 amide bonds. The lowest BCUT2D eigenvalue weighted by Crippen LogP contribution is -2.11. The summed E-state index contributed by atoms with van der Waals surface area (Å²) in [5, 5.41) is 0.825. The average Bonchev–Trinajstić information content (AvgIpc) is 2.34. The molecule has 1 heterocycles. The normalized spacial score (nSPS) is 11.0. The van der Waals surface area contributed by atoms with Crippen LogP contribution in [0, 0.1) is 6.92 Å². The molecule has 0 saturated carbocycles. The molecular formula is C15H19NO. The quantitative estimate of drug-likeness (QED) is 0.860. The molecule has 2 nitrogen and oxygen atoms in total. The number of H-pyrrole nitrogens is 1. The van der Waals surface area contributed by atoms with E-state index in [1.807, 2.05) is 19.1 Å². The topological polar surface area (TPSA) is 32.9 Å². The SMILES string of the molecule is CCCc1ccc2[nH]c(CC)c(C)c(=O)c2c1. The van der Waals surface area contributed by atoms with Crippen LogP contribution < -0.4 is 5.43 Å². The van der Waals surface area contributed by atoms with Gasteiger partial charge >= 0.3 is 0 Å². The van der Waals surface area contributed by atoms with Gasteiger partial charge in [0, 0.05) is 22.2 Å². The summed E-state index contributed by atoms with van der Waals surface area (Å²) in [6, 6.07) is 6.17. The molecule has 1 N–H and O–H groups in total. The maximum atomic E-state index is 12.2. The zero-order valence-electron chi connectivity index (χ0n) is 10.8. The smallest absolute Gasteiger partial charge is 0.192 e. The van der Waals surface area contributed by atoms with Crippen molar-refractivity contribution in [1.29, 1.82) is 0 Å². The van der Waals surface area contributed by atoms with Crippen molar-refractivity contribution in [2.45, 2.75) is 40.0 Å². The minimum Gasteiger partial charge on any atom is -0.358 e. The predicted octanol–water partition coefficient (Wildman–Crippen LogP) is 3.35. The van der Waals surface area contributed by atoms with Gasteiger partial charge in [-0.15, -0.1) is 0 Å². The first kappa shape index (κ1) is 11.9. The van der Waals surface area contributed by atoms with Gasteiger partial charge in [-0.25, -0.2) is 0 Å². The van der Waals surface area contributed by atoms with Crippen LogP contribution in [0.4, 0.5) is 0 Å². The highest BCUT2D eigenvalue weighted by Crippen LogP contribution is 2.15. The van der Waals surface area contributed by atoms with Gasteiger partial charge in [0.25, 0.3) is 0 Å². The Labute approximate surface area is 102 Å². The summed E-state index contributed by atoms with van der Waals surface area (Å²) in [5.74, 6) is 0. The van der Waals surface area contributed by atoms with Gasteiger partial charge in [0.2, 0.25) is 0 Å². The lowest BCUT2D eigenvalue weighted by molar-refractivity contribution is 0.923. The summed E-state index contributed by atoms with van der Waals surface area (Å²) in [6.45, 7) is 6.12. The molecule has 0 spiro atoms. The van der Waals surface area contributed by atoms with Crippen molar-refractivity contribution in [3.05, 3.63) is 45.2 Å². The van der Waals surface area contributed by atoms with Gasteiger partial charge in [0.15, 0.2) is 5.43 Å². The molecule has 2 heteroatoms. The third-order valence-corrected chi connectivity index (χ3v) is 3.30. The van der Waals surface area contributed by atoms with Crippen LogP contribution in [0.15, 0.2) is 23.0 Å². The van der Waals surface area contributed by atoms with Crippen LogP contribution >= 0.6 is 0 Å². The number of rotatable bonds is 3. The molecule has 0 radical (unpaired) electrons. The third-order valence-electron chi connectivity index (χ3n) is 3.30. The number of fused-ring (bicyclic) bond motifs is 1. The van der Waals surface area contributed by atoms with Crippen LogP contribution in [-0.2, 0) is 12.8 Å². The summed E-state index contributed by atoms with van der Waals surface area (Å²) in [5.41, 5.74) is 4.28. The molecule has 2 rings (SSSR count). The Balaban J connectivity index is 2.70. The molecule has 0 fully saturated rings. The van der Waals surface area contributed by atoms with Crippen molar-refractivity contribution >= 4 is 10.9 Å². The van der Waals surface area contributed by atoms with E-state index in [1.54, 1.807) is 0 Å². The highest BCUT2D eigenvalue weighted by Gasteiger charge is 2.07. The number of hydrogen-bond donors (Lipinski definition) is 1. The number of hydrogen-bond acceptors (Lipinski definition) is 1. The van der Waals surface area contributed by atoms with E-state index in [2.05, 4.69) is 24.9 Å². The Morgan fingerprint density at radius 1 is 1.24 bits per heavy atom. The summed E-state index contributed by atoms with van der Waals surface area (Å²) < 4.78 is 0. The number of nitrogens with one attached hydrogen (secondary N) is 1. The lowest BCUT2D eigenvalue weighted by atomic mass is 10.0. The molecule has 1 aromatic heterocycles. The third kappa shape index (κ3) is 2.12. The van der Waals surface area contributed by atoms with E-state index < -0.39 is 0 Å². The zero-order chi connectivity index (χ0) is 12.4. The van der Waals surface area contributed by atoms with Crippen molar-refractivity contribution < 1.29 is 0 Å². The van der Waals surface area contributed by atoms with Crippen molar-refractivity contribution in [3.8, 4) is 0 Å². The minimum atomic E-state index is 0.175. The fraction of sp³-hybridized carbons (Fsp3) is 0.400. The molecule has 0 saturated heterocycles. The lowest BCUT2D eigenvalue weighted by Gasteiger charge is -2.07. The van der Waals surface area contributed by atoms with E-state index >= 15 is 0 Å². The Bertz CT molecular complexity index is 596. The molecule has 2 aromatic rings. The standard InChI is InChI=1S/C15H19NO/c1-4-6-11-7-8-14-12(9-11)15(17)10(3)13(5-2)16-14/h7-9H,4-6H2,1-3H3,(H,16,17). The number of benzene rings is 1. The maximum Gasteiger partial charge on any atom is 0.192 e. The Morgan fingerprint density at radius 2 is 2.00 bits per heavy atom. The molecule has 0 aliphatic heterocycles. The minimum absolute atomic E-state index is 0.175. The van der Waals surface area contributed by atoms with E-state index in [-0.39, 0.29) is 5.43 Å². The maximum absolute atomic E-state index is 12.2. The van der Waals surface area contributed by atoms with Gasteiger partial charge in [-0.05, 0) is 37.5 Å². The van der Waals surface area contributed by atoms with Gasteiger partial charge in [-0.3, -0.25) is 4.79 Å². The van der Waals surface area contributed by atoms with Gasteiger partial charge in [-0.1, -0.05) is 26.3 Å². The molecule has 0 aliphatic carbocycles. The highest BCUT2D eigenvalue weighted by atomic mass is 16.1. The van der Waals surface area contributed by atoms with E-state index in [1.165, 1.54) is 5.56 Å². The molecule has 0 aliphatic rings. The monoisotopic (exact) mass is 229 g/mol. The second-order valence-electron chi connectivity index (χ2n) is 4.54. The molecule has 0 unspecified atom stereocenters. The first-order chi connectivity index (χ1) is 8.17. The summed E-state index contributed by atoms with van der Waals surface area (Å²) in [4.78, 5) is 15.6. The second kappa shape index (κ2) is 4.74. The predicted molar refractivity (Wildman–Crippen MR) is 72.7 cm³/mol. The van der Waals surface area contributed by atoms with Crippen LogP contribution in [0.5, 0.6) is 0 Å². The van der Waals surface area contributed by atoms with Crippen LogP contribution in [-0.4, -0.2) is 4.98 Å². The Morgan fingerprint density at radius 3 is 2.65 bits per heavy atom. The highest BCUT2D eigenvalue weighted by molar-refractivity contribution is 5.80. The Kier molecular flexibility index (Phi) is 3.32. The average molecular weight is 229 g/mol. The zero-order valence-corrected chi connectivity index (χ0v) is 10.8. The molecule has 1 aromatic carbocycles. The second-order valence-corrected chi connectivity index (χ2v) is 4.54. The fourth-order valence-electron chi connectivity index (χ4n) is 2.28. The van der Waals surface area contributed by atoms with Crippen LogP contribution in [0.25, 0.3) is 10.9 Å². The van der Waals surface area contributed by atoms with Crippen molar-refractivity contribution in [3.63, 3.8) is 0 Å². The van der Waals surface area contributed by atoms with Crippen molar-refractivity contribution in [1.82, 2.24) is 4.98 Å². The van der Waals surface area contributed by atoms with Crippen LogP contribution in [0.2, 0.25) is 0 Å². The first-order valence-corrected chi connectivity index (χ1v) is 6.31. The van der Waals surface area contributed by atoms with Gasteiger partial charge < -0.3 is 4.98 Å². The molecule has 17 heavy (non-hydrogen) atoms. The van der Waals surface area contributed by atoms with Crippen LogP contribution in [0.1, 0.15) is 37.1 Å². The van der Waals surface area contributed by atoms with Crippen molar-refractivity contribution in [2.24, 2.45) is 0 Å². The Hall–Kier alpha value is -1.57. The van der Waals surface area contributed by atoms with Gasteiger partial charge in [0.05, 0.1) is 0 Å². The van der Waals surface area contributed by atoms with Gasteiger partial charge in [0.1, 0.15) is 0 Å². The van der Waals surface area contributed by atoms with E-state index in [0.29, 0.717) is 0 Å². The fourth-order valence-corrected chi connectivity index (χ4v) is 2.28. The molecule has 90 valence electrons. The molecule has 0 bridgehead atoms. The number of aromatic amines is 1. The van der Waals surface area contributed by atoms with E-state index in [0.717, 1.165) is 41.4 Å². The summed E-state index contributed by atoms with van der Waals surface area (Å²) in [6.07, 6.45) is 3.01.